The van der Waals surface area contributed by atoms with Gasteiger partial charge in [-0.3, -0.25) is 0 Å². The molecule has 8 heteroatoms. The van der Waals surface area contributed by atoms with Crippen LogP contribution < -0.4 is 0 Å². The van der Waals surface area contributed by atoms with E-state index in [1.54, 1.807) is 24.3 Å². The molecule has 2 aromatic heterocycles. The van der Waals surface area contributed by atoms with Gasteiger partial charge in [-0.15, -0.1) is 0 Å². The summed E-state index contributed by atoms with van der Waals surface area (Å²) in [4.78, 5) is 24.7. The number of carboxylic acids is 1. The molecule has 0 aliphatic heterocycles. The largest absolute Gasteiger partial charge is 0.478 e. The van der Waals surface area contributed by atoms with Crippen LogP contribution in [0.1, 0.15) is 98.4 Å². The molecule has 37 heavy (non-hydrogen) atoms. The van der Waals surface area contributed by atoms with Crippen molar-refractivity contribution in [2.24, 2.45) is 17.8 Å². The van der Waals surface area contributed by atoms with E-state index in [0.29, 0.717) is 35.5 Å². The average Bonchev–Trinajstić information content (AvgIpc) is 3.55. The minimum atomic E-state index is -0.987. The molecule has 0 spiro atoms. The molecular weight excluding hydrogens is 468 g/mol. The van der Waals surface area contributed by atoms with Crippen molar-refractivity contribution in [3.05, 3.63) is 41.3 Å². The smallest absolute Gasteiger partial charge is 0.335 e. The maximum atomic E-state index is 11.4. The van der Waals surface area contributed by atoms with Gasteiger partial charge in [0.05, 0.1) is 23.5 Å². The summed E-state index contributed by atoms with van der Waals surface area (Å²) in [5, 5.41) is 13.5. The topological polar surface area (TPSA) is 114 Å². The number of hydrogen-bond acceptors (Lipinski definition) is 6. The second-order valence-electron chi connectivity index (χ2n) is 12.0. The Hall–Kier alpha value is -3.00. The van der Waals surface area contributed by atoms with E-state index in [0.717, 1.165) is 42.1 Å². The van der Waals surface area contributed by atoms with Gasteiger partial charge in [-0.1, -0.05) is 36.6 Å². The number of aromatic amines is 1. The van der Waals surface area contributed by atoms with Crippen molar-refractivity contribution in [2.75, 3.05) is 0 Å². The van der Waals surface area contributed by atoms with Gasteiger partial charge >= 0.3 is 5.97 Å². The summed E-state index contributed by atoms with van der Waals surface area (Å²) >= 11 is 0. The summed E-state index contributed by atoms with van der Waals surface area (Å²) in [6, 6.07) is 6.59. The zero-order chi connectivity index (χ0) is 25.0. The molecule has 0 atom stereocenters. The third kappa shape index (κ3) is 4.39. The lowest BCUT2D eigenvalue weighted by Gasteiger charge is -2.56. The van der Waals surface area contributed by atoms with Crippen LogP contribution in [0.2, 0.25) is 0 Å². The number of imidazole rings is 1. The first-order valence-electron chi connectivity index (χ1n) is 13.9. The zero-order valence-corrected chi connectivity index (χ0v) is 21.1. The van der Waals surface area contributed by atoms with Gasteiger partial charge in [0.1, 0.15) is 5.82 Å². The molecule has 4 bridgehead atoms. The first-order chi connectivity index (χ1) is 18.0. The standard InChI is InChI=1S/C29H34N4O4/c34-28(35)22-8-4-7-21(12-22)26-32-27(37-33-26)24-23(30-25(31-24)20-5-2-1-3-6-20)16-36-29-13-17-9-18(14-29)11-19(10-17)15-29/h4,7-8,12,17-20H,1-3,5-6,9-11,13-16H2,(H,30,31)(H,34,35). The summed E-state index contributed by atoms with van der Waals surface area (Å²) in [6.45, 7) is 0.466. The maximum absolute atomic E-state index is 11.4. The van der Waals surface area contributed by atoms with E-state index in [1.165, 1.54) is 57.8 Å². The van der Waals surface area contributed by atoms with Crippen LogP contribution in [-0.4, -0.2) is 36.8 Å². The van der Waals surface area contributed by atoms with Crippen LogP contribution in [0.5, 0.6) is 0 Å². The van der Waals surface area contributed by atoms with Gasteiger partial charge in [0.2, 0.25) is 5.82 Å². The first kappa shape index (κ1) is 23.1. The Labute approximate surface area is 216 Å². The summed E-state index contributed by atoms with van der Waals surface area (Å²) in [6.07, 6.45) is 13.7. The number of nitrogens with one attached hydrogen (secondary N) is 1. The number of ether oxygens (including phenoxy) is 1. The molecule has 1 aromatic carbocycles. The van der Waals surface area contributed by atoms with Crippen molar-refractivity contribution in [3.63, 3.8) is 0 Å². The van der Waals surface area contributed by atoms with E-state index in [4.69, 9.17) is 14.2 Å². The van der Waals surface area contributed by atoms with Crippen molar-refractivity contribution < 1.29 is 19.2 Å². The normalized spacial score (nSPS) is 29.1. The number of carboxylic acid groups (broad SMARTS) is 1. The fourth-order valence-corrected chi connectivity index (χ4v) is 7.94. The summed E-state index contributed by atoms with van der Waals surface area (Å²) in [5.74, 6) is 3.59. The first-order valence-corrected chi connectivity index (χ1v) is 13.9. The second-order valence-corrected chi connectivity index (χ2v) is 12.0. The predicted molar refractivity (Wildman–Crippen MR) is 136 cm³/mol. The lowest BCUT2D eigenvalue weighted by Crippen LogP contribution is -2.51. The number of carbonyl (C=O) groups is 1. The van der Waals surface area contributed by atoms with Gasteiger partial charge in [0, 0.05) is 11.5 Å². The molecule has 8 nitrogen and oxygen atoms in total. The molecule has 2 N–H and O–H groups in total. The molecule has 5 saturated carbocycles. The molecule has 0 unspecified atom stereocenters. The van der Waals surface area contributed by atoms with Crippen LogP contribution in [0, 0.1) is 17.8 Å². The molecule has 8 rings (SSSR count). The molecule has 194 valence electrons. The van der Waals surface area contributed by atoms with Crippen LogP contribution in [0.15, 0.2) is 28.8 Å². The molecule has 2 heterocycles. The van der Waals surface area contributed by atoms with E-state index in [1.807, 2.05) is 0 Å². The molecule has 5 aliphatic carbocycles. The highest BCUT2D eigenvalue weighted by atomic mass is 16.5. The molecule has 0 saturated heterocycles. The van der Waals surface area contributed by atoms with E-state index in [9.17, 15) is 9.90 Å². The molecule has 5 aliphatic rings. The third-order valence-electron chi connectivity index (χ3n) is 9.29. The van der Waals surface area contributed by atoms with E-state index >= 15 is 0 Å². The molecule has 5 fully saturated rings. The van der Waals surface area contributed by atoms with Crippen molar-refractivity contribution in [3.8, 4) is 23.0 Å². The number of rotatable bonds is 7. The maximum Gasteiger partial charge on any atom is 0.335 e. The highest BCUT2D eigenvalue weighted by molar-refractivity contribution is 5.89. The Balaban J connectivity index is 1.18. The van der Waals surface area contributed by atoms with Gasteiger partial charge in [0.25, 0.3) is 5.89 Å². The van der Waals surface area contributed by atoms with Gasteiger partial charge in [0.15, 0.2) is 5.69 Å². The lowest BCUT2D eigenvalue weighted by molar-refractivity contribution is -0.169. The average molecular weight is 503 g/mol. The number of H-pyrrole nitrogens is 1. The predicted octanol–water partition coefficient (Wildman–Crippen LogP) is 6.36. The van der Waals surface area contributed by atoms with Gasteiger partial charge in [-0.25, -0.2) is 9.78 Å². The van der Waals surface area contributed by atoms with Crippen molar-refractivity contribution in [1.29, 1.82) is 0 Å². The molecule has 0 radical (unpaired) electrons. The Morgan fingerprint density at radius 2 is 1.78 bits per heavy atom. The summed E-state index contributed by atoms with van der Waals surface area (Å²) < 4.78 is 12.5. The SMILES string of the molecule is O=C(O)c1cccc(-c2noc(-c3nc(C4CCCCC4)[nH]c3COC34CC5CC(CC(C5)C3)C4)n2)c1. The number of aromatic nitrogens is 4. The lowest BCUT2D eigenvalue weighted by atomic mass is 9.54. The summed E-state index contributed by atoms with van der Waals surface area (Å²) in [5.41, 5.74) is 2.36. The van der Waals surface area contributed by atoms with Crippen LogP contribution >= 0.6 is 0 Å². The molecule has 3 aromatic rings. The second kappa shape index (κ2) is 9.08. The Kier molecular flexibility index (Phi) is 5.68. The monoisotopic (exact) mass is 502 g/mol. The minimum Gasteiger partial charge on any atom is -0.478 e. The Morgan fingerprint density at radius 3 is 2.49 bits per heavy atom. The minimum absolute atomic E-state index is 0.000589. The van der Waals surface area contributed by atoms with Crippen molar-refractivity contribution in [1.82, 2.24) is 20.1 Å². The van der Waals surface area contributed by atoms with Gasteiger partial charge < -0.3 is 19.4 Å². The fraction of sp³-hybridized carbons (Fsp3) is 0.586. The number of hydrogen-bond donors (Lipinski definition) is 2. The Bertz CT molecular complexity index is 1270. The van der Waals surface area contributed by atoms with Crippen LogP contribution in [0.3, 0.4) is 0 Å². The number of aromatic carboxylic acids is 1. The van der Waals surface area contributed by atoms with Crippen LogP contribution in [0.25, 0.3) is 23.0 Å². The van der Waals surface area contributed by atoms with Gasteiger partial charge in [-0.05, 0) is 81.3 Å². The number of nitrogens with zero attached hydrogens (tertiary/aromatic N) is 3. The molecule has 0 amide bonds. The third-order valence-corrected chi connectivity index (χ3v) is 9.29. The Morgan fingerprint density at radius 1 is 1.05 bits per heavy atom. The molecular formula is C29H34N4O4. The zero-order valence-electron chi connectivity index (χ0n) is 21.1. The van der Waals surface area contributed by atoms with Crippen LogP contribution in [-0.2, 0) is 11.3 Å². The van der Waals surface area contributed by atoms with Crippen LogP contribution in [0.4, 0.5) is 0 Å². The van der Waals surface area contributed by atoms with Crippen molar-refractivity contribution in [2.45, 2.75) is 88.8 Å². The highest BCUT2D eigenvalue weighted by Crippen LogP contribution is 2.57. The van der Waals surface area contributed by atoms with Crippen molar-refractivity contribution >= 4 is 5.97 Å². The fourth-order valence-electron chi connectivity index (χ4n) is 7.94. The van der Waals surface area contributed by atoms with E-state index < -0.39 is 5.97 Å². The quantitative estimate of drug-likeness (QED) is 0.386. The summed E-state index contributed by atoms with van der Waals surface area (Å²) in [7, 11) is 0. The highest BCUT2D eigenvalue weighted by Gasteiger charge is 2.51. The van der Waals surface area contributed by atoms with Gasteiger partial charge in [-0.2, -0.15) is 4.98 Å². The van der Waals surface area contributed by atoms with E-state index in [-0.39, 0.29) is 11.2 Å². The van der Waals surface area contributed by atoms with E-state index in [2.05, 4.69) is 15.1 Å². The number of benzene rings is 1.